The average Bonchev–Trinajstić information content (AvgIpc) is 3.17. The molecule has 7 heteroatoms. The third-order valence-corrected chi connectivity index (χ3v) is 5.61. The van der Waals surface area contributed by atoms with Crippen LogP contribution in [-0.4, -0.2) is 47.4 Å². The number of halogens is 1. The van der Waals surface area contributed by atoms with Crippen molar-refractivity contribution in [3.05, 3.63) is 35.6 Å². The van der Waals surface area contributed by atoms with E-state index in [4.69, 9.17) is 0 Å². The number of amides is 2. The Bertz CT molecular complexity index is 706. The normalized spacial score (nSPS) is 24.3. The van der Waals surface area contributed by atoms with E-state index >= 15 is 0 Å². The Morgan fingerprint density at radius 2 is 2.00 bits per heavy atom. The van der Waals surface area contributed by atoms with Gasteiger partial charge in [0.1, 0.15) is 5.82 Å². The van der Waals surface area contributed by atoms with Crippen LogP contribution in [0, 0.1) is 17.2 Å². The maximum absolute atomic E-state index is 12.8. The van der Waals surface area contributed by atoms with Gasteiger partial charge < -0.3 is 15.3 Å². The summed E-state index contributed by atoms with van der Waals surface area (Å²) in [6, 6.07) is 5.26. The molecule has 2 N–H and O–H groups in total. The van der Waals surface area contributed by atoms with E-state index in [1.807, 2.05) is 0 Å². The summed E-state index contributed by atoms with van der Waals surface area (Å²) in [6.45, 7) is 1.16. The summed E-state index contributed by atoms with van der Waals surface area (Å²) in [5.74, 6) is -1.50. The van der Waals surface area contributed by atoms with E-state index in [9.17, 15) is 23.9 Å². The van der Waals surface area contributed by atoms with Crippen molar-refractivity contribution in [1.82, 2.24) is 10.2 Å². The molecule has 0 unspecified atom stereocenters. The second kappa shape index (κ2) is 7.43. The fraction of sp³-hybridized carbons (Fsp3) is 0.526. The van der Waals surface area contributed by atoms with Crippen molar-refractivity contribution in [2.24, 2.45) is 11.3 Å². The van der Waals surface area contributed by atoms with Crippen molar-refractivity contribution < 1.29 is 23.9 Å². The smallest absolute Gasteiger partial charge is 0.311 e. The van der Waals surface area contributed by atoms with Crippen LogP contribution in [0.5, 0.6) is 0 Å². The maximum atomic E-state index is 12.8. The Morgan fingerprint density at radius 3 is 2.65 bits per heavy atom. The fourth-order valence-corrected chi connectivity index (χ4v) is 4.13. The predicted molar refractivity (Wildman–Crippen MR) is 92.0 cm³/mol. The molecule has 2 amide bonds. The highest BCUT2D eigenvalue weighted by Gasteiger charge is 2.55. The summed E-state index contributed by atoms with van der Waals surface area (Å²) >= 11 is 0. The summed E-state index contributed by atoms with van der Waals surface area (Å²) in [5, 5.41) is 12.3. The highest BCUT2D eigenvalue weighted by molar-refractivity contribution is 5.94. The third-order valence-electron chi connectivity index (χ3n) is 5.61. The quantitative estimate of drug-likeness (QED) is 0.759. The second-order valence-corrected chi connectivity index (χ2v) is 7.19. The second-order valence-electron chi connectivity index (χ2n) is 7.19. The number of carboxylic acids is 1. The van der Waals surface area contributed by atoms with Crippen molar-refractivity contribution in [1.29, 1.82) is 0 Å². The molecule has 1 aliphatic carbocycles. The third kappa shape index (κ3) is 3.57. The summed E-state index contributed by atoms with van der Waals surface area (Å²) < 4.78 is 12.8. The molecular weight excluding hydrogens is 339 g/mol. The molecular formula is C19H23FN2O4. The van der Waals surface area contributed by atoms with E-state index in [2.05, 4.69) is 5.32 Å². The minimum absolute atomic E-state index is 0.0575. The molecule has 0 radical (unpaired) electrons. The lowest BCUT2D eigenvalue weighted by Gasteiger charge is -2.23. The molecule has 6 nitrogen and oxygen atoms in total. The van der Waals surface area contributed by atoms with E-state index in [1.54, 1.807) is 4.90 Å². The zero-order valence-electron chi connectivity index (χ0n) is 14.5. The maximum Gasteiger partial charge on any atom is 0.311 e. The molecule has 1 heterocycles. The molecule has 26 heavy (non-hydrogen) atoms. The van der Waals surface area contributed by atoms with Gasteiger partial charge in [0.15, 0.2) is 0 Å². The largest absolute Gasteiger partial charge is 0.481 e. The lowest BCUT2D eigenvalue weighted by atomic mass is 9.81. The fourth-order valence-electron chi connectivity index (χ4n) is 4.13. The number of fused-ring (bicyclic) bond motifs is 1. The first-order valence-electron chi connectivity index (χ1n) is 8.97. The number of nitrogens with zero attached hydrogens (tertiary/aromatic N) is 1. The molecule has 140 valence electrons. The standard InChI is InChI=1S/C19H23FN2O4/c20-15-7-5-13(6-8-15)17(24)21-10-2-4-16(23)22-11-14-3-1-9-19(14,12-22)18(25)26/h5-8,14H,1-4,9-12H2,(H,21,24)(H,25,26)/t14-,19+/m0/s1. The van der Waals surface area contributed by atoms with Gasteiger partial charge in [0.2, 0.25) is 5.91 Å². The number of aliphatic carboxylic acids is 1. The van der Waals surface area contributed by atoms with Gasteiger partial charge in [-0.3, -0.25) is 14.4 Å². The Labute approximate surface area is 151 Å². The van der Waals surface area contributed by atoms with Gasteiger partial charge in [0, 0.05) is 31.6 Å². The topological polar surface area (TPSA) is 86.7 Å². The highest BCUT2D eigenvalue weighted by Crippen LogP contribution is 2.48. The molecule has 1 saturated heterocycles. The summed E-state index contributed by atoms with van der Waals surface area (Å²) in [7, 11) is 0. The van der Waals surface area contributed by atoms with Gasteiger partial charge in [0.25, 0.3) is 5.91 Å². The lowest BCUT2D eigenvalue weighted by Crippen LogP contribution is -2.37. The summed E-state index contributed by atoms with van der Waals surface area (Å²) in [4.78, 5) is 37.6. The van der Waals surface area contributed by atoms with Crippen LogP contribution in [0.15, 0.2) is 24.3 Å². The Balaban J connectivity index is 1.43. The lowest BCUT2D eigenvalue weighted by molar-refractivity contribution is -0.149. The number of hydrogen-bond acceptors (Lipinski definition) is 3. The molecule has 0 aromatic heterocycles. The van der Waals surface area contributed by atoms with Crippen molar-refractivity contribution in [3.8, 4) is 0 Å². The van der Waals surface area contributed by atoms with Crippen molar-refractivity contribution >= 4 is 17.8 Å². The Kier molecular flexibility index (Phi) is 5.25. The van der Waals surface area contributed by atoms with E-state index in [0.29, 0.717) is 38.0 Å². The molecule has 2 fully saturated rings. The van der Waals surface area contributed by atoms with Gasteiger partial charge >= 0.3 is 5.97 Å². The summed E-state index contributed by atoms with van der Waals surface area (Å²) in [5.41, 5.74) is -0.389. The van der Waals surface area contributed by atoms with Crippen LogP contribution in [0.2, 0.25) is 0 Å². The molecule has 2 aliphatic rings. The Hall–Kier alpha value is -2.44. The monoisotopic (exact) mass is 362 g/mol. The number of carbonyl (C=O) groups excluding carboxylic acids is 2. The first kappa shape index (κ1) is 18.4. The van der Waals surface area contributed by atoms with Crippen LogP contribution in [0.1, 0.15) is 42.5 Å². The number of nitrogens with one attached hydrogen (secondary N) is 1. The van der Waals surface area contributed by atoms with Gasteiger partial charge in [0.05, 0.1) is 5.41 Å². The van der Waals surface area contributed by atoms with Crippen molar-refractivity contribution in [2.45, 2.75) is 32.1 Å². The number of carboxylic acid groups (broad SMARTS) is 1. The van der Waals surface area contributed by atoms with Crippen LogP contribution in [0.3, 0.4) is 0 Å². The van der Waals surface area contributed by atoms with E-state index in [1.165, 1.54) is 24.3 Å². The first-order valence-corrected chi connectivity index (χ1v) is 8.97. The molecule has 0 spiro atoms. The molecule has 3 rings (SSSR count). The Morgan fingerprint density at radius 1 is 1.27 bits per heavy atom. The van der Waals surface area contributed by atoms with E-state index in [-0.39, 0.29) is 24.2 Å². The molecule has 1 aromatic carbocycles. The van der Waals surface area contributed by atoms with Crippen LogP contribution < -0.4 is 5.32 Å². The summed E-state index contributed by atoms with van der Waals surface area (Å²) in [6.07, 6.45) is 3.17. The van der Waals surface area contributed by atoms with Crippen molar-refractivity contribution in [3.63, 3.8) is 0 Å². The number of likely N-dealkylation sites (tertiary alicyclic amines) is 1. The van der Waals surface area contributed by atoms with Gasteiger partial charge in [-0.05, 0) is 49.4 Å². The zero-order chi connectivity index (χ0) is 18.7. The molecule has 1 aliphatic heterocycles. The van der Waals surface area contributed by atoms with Crippen LogP contribution in [-0.2, 0) is 9.59 Å². The first-order chi connectivity index (χ1) is 12.4. The van der Waals surface area contributed by atoms with Gasteiger partial charge in [-0.2, -0.15) is 0 Å². The number of rotatable bonds is 6. The van der Waals surface area contributed by atoms with E-state index in [0.717, 1.165) is 12.8 Å². The number of carbonyl (C=O) groups is 3. The highest BCUT2D eigenvalue weighted by atomic mass is 19.1. The van der Waals surface area contributed by atoms with Crippen LogP contribution in [0.25, 0.3) is 0 Å². The SMILES string of the molecule is O=C(NCCCC(=O)N1C[C@@H]2CCC[C@@]2(C(=O)O)C1)c1ccc(F)cc1. The zero-order valence-corrected chi connectivity index (χ0v) is 14.5. The minimum Gasteiger partial charge on any atom is -0.481 e. The van der Waals surface area contributed by atoms with Gasteiger partial charge in [-0.15, -0.1) is 0 Å². The van der Waals surface area contributed by atoms with Gasteiger partial charge in [-0.1, -0.05) is 6.42 Å². The van der Waals surface area contributed by atoms with E-state index < -0.39 is 17.2 Å². The molecule has 1 aromatic rings. The molecule has 0 bridgehead atoms. The number of hydrogen-bond donors (Lipinski definition) is 2. The predicted octanol–water partition coefficient (Wildman–Crippen LogP) is 2.05. The van der Waals surface area contributed by atoms with Crippen LogP contribution >= 0.6 is 0 Å². The average molecular weight is 362 g/mol. The minimum atomic E-state index is -0.790. The molecule has 1 saturated carbocycles. The number of benzene rings is 1. The molecule has 2 atom stereocenters. The van der Waals surface area contributed by atoms with Gasteiger partial charge in [-0.25, -0.2) is 4.39 Å². The van der Waals surface area contributed by atoms with Crippen LogP contribution in [0.4, 0.5) is 4.39 Å². The van der Waals surface area contributed by atoms with Crippen molar-refractivity contribution in [2.75, 3.05) is 19.6 Å².